The first-order valence-electron chi connectivity index (χ1n) is 6.90. The van der Waals surface area contributed by atoms with E-state index in [0.29, 0.717) is 5.57 Å². The van der Waals surface area contributed by atoms with Crippen LogP contribution in [-0.4, -0.2) is 24.7 Å². The molecule has 21 heavy (non-hydrogen) atoms. The van der Waals surface area contributed by atoms with Gasteiger partial charge >= 0.3 is 0 Å². The van der Waals surface area contributed by atoms with Crippen LogP contribution in [0.2, 0.25) is 0 Å². The number of ether oxygens (including phenoxy) is 1. The third kappa shape index (κ3) is 2.28. The molecule has 2 aromatic rings. The molecule has 0 fully saturated rings. The number of aromatic nitrogens is 1. The molecule has 0 spiro atoms. The molecular formula is C17H18N2O2. The molecule has 4 nitrogen and oxygen atoms in total. The van der Waals surface area contributed by atoms with Crippen LogP contribution in [0, 0.1) is 13.8 Å². The highest BCUT2D eigenvalue weighted by atomic mass is 16.5. The zero-order valence-corrected chi connectivity index (χ0v) is 12.4. The van der Waals surface area contributed by atoms with Crippen molar-refractivity contribution in [3.8, 4) is 0 Å². The molecule has 1 N–H and O–H groups in total. The summed E-state index contributed by atoms with van der Waals surface area (Å²) in [6.07, 6.45) is 1.93. The number of nitrogens with zero attached hydrogens (tertiary/aromatic N) is 1. The van der Waals surface area contributed by atoms with Gasteiger partial charge in [0.25, 0.3) is 5.91 Å². The molecule has 0 saturated carbocycles. The molecule has 0 saturated heterocycles. The molecule has 108 valence electrons. The third-order valence-electron chi connectivity index (χ3n) is 3.70. The number of carbonyl (C=O) groups is 1. The fourth-order valence-electron chi connectivity index (χ4n) is 2.75. The van der Waals surface area contributed by atoms with Gasteiger partial charge in [0.1, 0.15) is 6.73 Å². The molecule has 0 atom stereocenters. The highest BCUT2D eigenvalue weighted by molar-refractivity contribution is 6.35. The Morgan fingerprint density at radius 3 is 2.71 bits per heavy atom. The van der Waals surface area contributed by atoms with Crippen LogP contribution >= 0.6 is 0 Å². The molecule has 1 aliphatic heterocycles. The molecule has 3 rings (SSSR count). The van der Waals surface area contributed by atoms with Crippen molar-refractivity contribution < 1.29 is 9.53 Å². The maximum atomic E-state index is 12.6. The first-order valence-corrected chi connectivity index (χ1v) is 6.90. The summed E-state index contributed by atoms with van der Waals surface area (Å²) in [5.41, 5.74) is 5.75. The van der Waals surface area contributed by atoms with Gasteiger partial charge in [-0.3, -0.25) is 9.69 Å². The second kappa shape index (κ2) is 5.22. The first-order chi connectivity index (χ1) is 10.1. The predicted molar refractivity (Wildman–Crippen MR) is 83.9 cm³/mol. The van der Waals surface area contributed by atoms with Crippen molar-refractivity contribution in [3.63, 3.8) is 0 Å². The summed E-state index contributed by atoms with van der Waals surface area (Å²) >= 11 is 0. The topological polar surface area (TPSA) is 45.3 Å². The summed E-state index contributed by atoms with van der Waals surface area (Å²) in [6, 6.07) is 9.87. The molecule has 4 heteroatoms. The van der Waals surface area contributed by atoms with Gasteiger partial charge in [-0.05, 0) is 37.6 Å². The molecule has 2 heterocycles. The number of rotatable bonds is 3. The van der Waals surface area contributed by atoms with Crippen LogP contribution in [0.4, 0.5) is 5.69 Å². The summed E-state index contributed by atoms with van der Waals surface area (Å²) < 4.78 is 5.15. The van der Waals surface area contributed by atoms with Gasteiger partial charge in [0, 0.05) is 24.1 Å². The molecule has 0 radical (unpaired) electrons. The Bertz CT molecular complexity index is 728. The lowest BCUT2D eigenvalue weighted by atomic mass is 10.1. The molecule has 1 aliphatic rings. The van der Waals surface area contributed by atoms with E-state index in [4.69, 9.17) is 4.74 Å². The minimum absolute atomic E-state index is 0.0234. The fraction of sp³-hybridized carbons (Fsp3) is 0.235. The monoisotopic (exact) mass is 282 g/mol. The van der Waals surface area contributed by atoms with Gasteiger partial charge in [0.15, 0.2) is 0 Å². The molecule has 1 amide bonds. The minimum atomic E-state index is -0.0234. The number of para-hydroxylation sites is 1. The molecule has 0 aliphatic carbocycles. The number of H-pyrrole nitrogens is 1. The predicted octanol–water partition coefficient (Wildman–Crippen LogP) is 3.12. The Kier molecular flexibility index (Phi) is 3.39. The summed E-state index contributed by atoms with van der Waals surface area (Å²) in [4.78, 5) is 17.6. The highest BCUT2D eigenvalue weighted by Gasteiger charge is 2.31. The van der Waals surface area contributed by atoms with Gasteiger partial charge in [-0.15, -0.1) is 0 Å². The normalized spacial score (nSPS) is 15.9. The van der Waals surface area contributed by atoms with E-state index in [1.54, 1.807) is 12.0 Å². The number of hydrogen-bond acceptors (Lipinski definition) is 2. The summed E-state index contributed by atoms with van der Waals surface area (Å²) in [6.45, 7) is 4.31. The van der Waals surface area contributed by atoms with E-state index in [9.17, 15) is 4.79 Å². The molecule has 0 unspecified atom stereocenters. The van der Waals surface area contributed by atoms with E-state index in [-0.39, 0.29) is 12.6 Å². The minimum Gasteiger partial charge on any atom is -0.364 e. The number of hydrogen-bond donors (Lipinski definition) is 1. The zero-order chi connectivity index (χ0) is 15.0. The van der Waals surface area contributed by atoms with Crippen molar-refractivity contribution in [2.45, 2.75) is 13.8 Å². The van der Waals surface area contributed by atoms with Gasteiger partial charge < -0.3 is 9.72 Å². The van der Waals surface area contributed by atoms with Crippen molar-refractivity contribution in [3.05, 3.63) is 52.8 Å². The molecule has 1 aromatic carbocycles. The number of aryl methyl sites for hydroxylation is 2. The number of fused-ring (bicyclic) bond motifs is 1. The number of aromatic amines is 1. The average Bonchev–Trinajstić information content (AvgIpc) is 2.91. The van der Waals surface area contributed by atoms with E-state index < -0.39 is 0 Å². The Morgan fingerprint density at radius 1 is 1.29 bits per heavy atom. The van der Waals surface area contributed by atoms with Gasteiger partial charge in [-0.25, -0.2) is 0 Å². The lowest BCUT2D eigenvalue weighted by Crippen LogP contribution is -2.28. The summed E-state index contributed by atoms with van der Waals surface area (Å²) in [5.74, 6) is -0.0234. The van der Waals surface area contributed by atoms with E-state index in [1.165, 1.54) is 0 Å². The van der Waals surface area contributed by atoms with Gasteiger partial charge in [-0.1, -0.05) is 18.2 Å². The fourth-order valence-corrected chi connectivity index (χ4v) is 2.75. The highest BCUT2D eigenvalue weighted by Crippen LogP contribution is 2.37. The second-order valence-electron chi connectivity index (χ2n) is 5.28. The van der Waals surface area contributed by atoms with Gasteiger partial charge in [0.2, 0.25) is 0 Å². The smallest absolute Gasteiger partial charge is 0.260 e. The lowest BCUT2D eigenvalue weighted by molar-refractivity contribution is -0.113. The van der Waals surface area contributed by atoms with E-state index in [1.807, 2.05) is 44.2 Å². The van der Waals surface area contributed by atoms with Crippen LogP contribution < -0.4 is 4.90 Å². The van der Waals surface area contributed by atoms with Crippen LogP contribution in [0.1, 0.15) is 22.5 Å². The Hall–Kier alpha value is -2.33. The number of anilines is 1. The Balaban J connectivity index is 2.11. The van der Waals surface area contributed by atoms with E-state index in [2.05, 4.69) is 11.1 Å². The van der Waals surface area contributed by atoms with Crippen LogP contribution in [-0.2, 0) is 9.53 Å². The lowest BCUT2D eigenvalue weighted by Gasteiger charge is -2.15. The largest absolute Gasteiger partial charge is 0.364 e. The van der Waals surface area contributed by atoms with Crippen molar-refractivity contribution >= 4 is 23.2 Å². The first kappa shape index (κ1) is 13.6. The van der Waals surface area contributed by atoms with Crippen molar-refractivity contribution in [1.29, 1.82) is 0 Å². The molecule has 0 bridgehead atoms. The molecular weight excluding hydrogens is 264 g/mol. The van der Waals surface area contributed by atoms with Crippen LogP contribution in [0.15, 0.2) is 30.3 Å². The Morgan fingerprint density at radius 2 is 2.05 bits per heavy atom. The number of benzene rings is 1. The number of amides is 1. The SMILES string of the molecule is COCN1C(=O)/C(=C\c2[nH]c(C)cc2C)c2ccccc21. The maximum absolute atomic E-state index is 12.6. The second-order valence-corrected chi connectivity index (χ2v) is 5.28. The van der Waals surface area contributed by atoms with Gasteiger partial charge in [-0.2, -0.15) is 0 Å². The Labute approximate surface area is 124 Å². The van der Waals surface area contributed by atoms with Crippen LogP contribution in [0.25, 0.3) is 11.6 Å². The number of methoxy groups -OCH3 is 1. The third-order valence-corrected chi connectivity index (χ3v) is 3.70. The van der Waals surface area contributed by atoms with Crippen LogP contribution in [0.5, 0.6) is 0 Å². The average molecular weight is 282 g/mol. The number of carbonyl (C=O) groups excluding carboxylic acids is 1. The quantitative estimate of drug-likeness (QED) is 0.879. The van der Waals surface area contributed by atoms with Gasteiger partial charge in [0.05, 0.1) is 11.3 Å². The number of nitrogens with one attached hydrogen (secondary N) is 1. The van der Waals surface area contributed by atoms with Crippen molar-refractivity contribution in [2.75, 3.05) is 18.7 Å². The maximum Gasteiger partial charge on any atom is 0.260 e. The van der Waals surface area contributed by atoms with Crippen LogP contribution in [0.3, 0.4) is 0 Å². The van der Waals surface area contributed by atoms with E-state index >= 15 is 0 Å². The standard InChI is InChI=1S/C17H18N2O2/c1-11-8-12(2)18-15(11)9-14-13-6-4-5-7-16(13)19(10-21-3)17(14)20/h4-9,18H,10H2,1-3H3/b14-9-. The molecule has 1 aromatic heterocycles. The summed E-state index contributed by atoms with van der Waals surface area (Å²) in [7, 11) is 1.59. The van der Waals surface area contributed by atoms with Crippen molar-refractivity contribution in [1.82, 2.24) is 4.98 Å². The zero-order valence-electron chi connectivity index (χ0n) is 12.4. The van der Waals surface area contributed by atoms with Crippen molar-refractivity contribution in [2.24, 2.45) is 0 Å². The van der Waals surface area contributed by atoms with E-state index in [0.717, 1.165) is 28.2 Å². The summed E-state index contributed by atoms with van der Waals surface area (Å²) in [5, 5.41) is 0.